The molecule has 1 amide bonds. The van der Waals surface area contributed by atoms with Crippen molar-refractivity contribution >= 4 is 29.9 Å². The first kappa shape index (κ1) is 15.2. The second-order valence-corrected chi connectivity index (χ2v) is 4.25. The molecular formula is C11H15Cl2N3O2. The fraction of sp³-hybridized carbons (Fsp3) is 0.455. The Labute approximate surface area is 117 Å². The molecule has 1 fully saturated rings. The summed E-state index contributed by atoms with van der Waals surface area (Å²) >= 11 is 5.73. The van der Waals surface area contributed by atoms with Crippen molar-refractivity contribution in [3.8, 4) is 0 Å². The van der Waals surface area contributed by atoms with E-state index in [1.165, 1.54) is 0 Å². The molecule has 0 saturated carbocycles. The molecule has 1 aromatic rings. The molecule has 0 aliphatic carbocycles. The summed E-state index contributed by atoms with van der Waals surface area (Å²) < 4.78 is 5.26. The smallest absolute Gasteiger partial charge is 0.270 e. The lowest BCUT2D eigenvalue weighted by Gasteiger charge is -2.18. The highest BCUT2D eigenvalue weighted by atomic mass is 35.5. The molecule has 1 aliphatic heterocycles. The number of rotatable bonds is 3. The van der Waals surface area contributed by atoms with Crippen LogP contribution in [-0.2, 0) is 4.74 Å². The van der Waals surface area contributed by atoms with Crippen molar-refractivity contribution < 1.29 is 9.53 Å². The average molecular weight is 292 g/mol. The molecule has 2 atom stereocenters. The maximum absolute atomic E-state index is 11.9. The lowest BCUT2D eigenvalue weighted by atomic mass is 10.2. The Balaban J connectivity index is 0.00000162. The zero-order chi connectivity index (χ0) is 12.3. The Hall–Kier alpha value is -0.880. The quantitative estimate of drug-likeness (QED) is 0.812. The van der Waals surface area contributed by atoms with Gasteiger partial charge < -0.3 is 15.4 Å². The molecule has 2 heterocycles. The lowest BCUT2D eigenvalue weighted by Crippen LogP contribution is -2.43. The van der Waals surface area contributed by atoms with Crippen LogP contribution in [0.1, 0.15) is 10.5 Å². The molecule has 0 spiro atoms. The Morgan fingerprint density at radius 2 is 2.33 bits per heavy atom. The summed E-state index contributed by atoms with van der Waals surface area (Å²) in [6.45, 7) is 1.44. The van der Waals surface area contributed by atoms with Crippen LogP contribution < -0.4 is 10.6 Å². The van der Waals surface area contributed by atoms with Gasteiger partial charge in [0.05, 0.1) is 12.1 Å². The van der Waals surface area contributed by atoms with Crippen LogP contribution in [0.4, 0.5) is 0 Å². The van der Waals surface area contributed by atoms with Crippen molar-refractivity contribution in [2.45, 2.75) is 12.1 Å². The fourth-order valence-corrected chi connectivity index (χ4v) is 1.99. The summed E-state index contributed by atoms with van der Waals surface area (Å²) in [5, 5.41) is 6.34. The molecule has 2 unspecified atom stereocenters. The van der Waals surface area contributed by atoms with E-state index in [2.05, 4.69) is 15.6 Å². The molecule has 2 rings (SSSR count). The van der Waals surface area contributed by atoms with Gasteiger partial charge in [0.1, 0.15) is 10.8 Å². The molecule has 7 heteroatoms. The number of pyridine rings is 1. The predicted molar refractivity (Wildman–Crippen MR) is 71.4 cm³/mol. The van der Waals surface area contributed by atoms with E-state index >= 15 is 0 Å². The van der Waals surface area contributed by atoms with E-state index in [-0.39, 0.29) is 30.5 Å². The number of halogens is 2. The van der Waals surface area contributed by atoms with Gasteiger partial charge in [-0.05, 0) is 12.1 Å². The zero-order valence-corrected chi connectivity index (χ0v) is 11.4. The molecular weight excluding hydrogens is 277 g/mol. The Morgan fingerprint density at radius 3 is 3.00 bits per heavy atom. The van der Waals surface area contributed by atoms with E-state index in [9.17, 15) is 4.79 Å². The third-order valence-corrected chi connectivity index (χ3v) is 2.94. The van der Waals surface area contributed by atoms with Crippen molar-refractivity contribution in [1.82, 2.24) is 15.6 Å². The van der Waals surface area contributed by atoms with Gasteiger partial charge in [-0.2, -0.15) is 0 Å². The highest BCUT2D eigenvalue weighted by molar-refractivity contribution is 6.29. The predicted octanol–water partition coefficient (Wildman–Crippen LogP) is 0.873. The number of carbonyl (C=O) groups is 1. The van der Waals surface area contributed by atoms with Crippen molar-refractivity contribution in [2.75, 3.05) is 20.2 Å². The van der Waals surface area contributed by atoms with E-state index in [0.29, 0.717) is 17.4 Å². The SMILES string of the molecule is COC1CNCC1NC(=O)c1cccc(Cl)n1.Cl. The first-order chi connectivity index (χ1) is 8.20. The summed E-state index contributed by atoms with van der Waals surface area (Å²) in [4.78, 5) is 15.9. The third kappa shape index (κ3) is 3.55. The maximum Gasteiger partial charge on any atom is 0.270 e. The van der Waals surface area contributed by atoms with E-state index in [0.717, 1.165) is 6.54 Å². The normalized spacial score (nSPS) is 22.3. The van der Waals surface area contributed by atoms with Crippen LogP contribution in [0.15, 0.2) is 18.2 Å². The largest absolute Gasteiger partial charge is 0.378 e. The van der Waals surface area contributed by atoms with Gasteiger partial charge in [0.25, 0.3) is 5.91 Å². The molecule has 1 aromatic heterocycles. The highest BCUT2D eigenvalue weighted by Crippen LogP contribution is 2.07. The number of ether oxygens (including phenoxy) is 1. The van der Waals surface area contributed by atoms with E-state index in [1.807, 2.05) is 0 Å². The number of carbonyl (C=O) groups excluding carboxylic acids is 1. The van der Waals surface area contributed by atoms with Crippen LogP contribution in [0, 0.1) is 0 Å². The van der Waals surface area contributed by atoms with Gasteiger partial charge in [-0.3, -0.25) is 4.79 Å². The van der Waals surface area contributed by atoms with E-state index in [4.69, 9.17) is 16.3 Å². The number of hydrogen-bond donors (Lipinski definition) is 2. The van der Waals surface area contributed by atoms with Gasteiger partial charge in [0.15, 0.2) is 0 Å². The van der Waals surface area contributed by atoms with Gasteiger partial charge in [-0.1, -0.05) is 17.7 Å². The average Bonchev–Trinajstić information content (AvgIpc) is 2.76. The first-order valence-electron chi connectivity index (χ1n) is 5.37. The molecule has 5 nitrogen and oxygen atoms in total. The maximum atomic E-state index is 11.9. The van der Waals surface area contributed by atoms with Crippen molar-refractivity contribution in [1.29, 1.82) is 0 Å². The molecule has 0 aromatic carbocycles. The molecule has 100 valence electrons. The summed E-state index contributed by atoms with van der Waals surface area (Å²) in [7, 11) is 1.63. The Morgan fingerprint density at radius 1 is 1.56 bits per heavy atom. The minimum absolute atomic E-state index is 0. The fourth-order valence-electron chi connectivity index (χ4n) is 1.82. The lowest BCUT2D eigenvalue weighted by molar-refractivity contribution is 0.0776. The van der Waals surface area contributed by atoms with Gasteiger partial charge >= 0.3 is 0 Å². The minimum Gasteiger partial charge on any atom is -0.378 e. The number of methoxy groups -OCH3 is 1. The monoisotopic (exact) mass is 291 g/mol. The second-order valence-electron chi connectivity index (χ2n) is 3.86. The van der Waals surface area contributed by atoms with Gasteiger partial charge in [0.2, 0.25) is 0 Å². The molecule has 18 heavy (non-hydrogen) atoms. The van der Waals surface area contributed by atoms with E-state index in [1.54, 1.807) is 25.3 Å². The van der Waals surface area contributed by atoms with Crippen LogP contribution in [0.2, 0.25) is 5.15 Å². The summed E-state index contributed by atoms with van der Waals surface area (Å²) in [5.74, 6) is -0.233. The van der Waals surface area contributed by atoms with Crippen LogP contribution in [0.3, 0.4) is 0 Å². The summed E-state index contributed by atoms with van der Waals surface area (Å²) in [6.07, 6.45) is -0.00173. The zero-order valence-electron chi connectivity index (χ0n) is 9.85. The van der Waals surface area contributed by atoms with Crippen molar-refractivity contribution in [2.24, 2.45) is 0 Å². The number of nitrogens with zero attached hydrogens (tertiary/aromatic N) is 1. The molecule has 0 bridgehead atoms. The number of amides is 1. The van der Waals surface area contributed by atoms with Crippen molar-refractivity contribution in [3.63, 3.8) is 0 Å². The minimum atomic E-state index is -0.233. The van der Waals surface area contributed by atoms with Gasteiger partial charge in [-0.15, -0.1) is 12.4 Å². The summed E-state index contributed by atoms with van der Waals surface area (Å²) in [6, 6.07) is 4.93. The third-order valence-electron chi connectivity index (χ3n) is 2.73. The van der Waals surface area contributed by atoms with E-state index < -0.39 is 0 Å². The Bertz CT molecular complexity index is 417. The van der Waals surface area contributed by atoms with Gasteiger partial charge in [0, 0.05) is 20.2 Å². The topological polar surface area (TPSA) is 63.2 Å². The number of hydrogen-bond acceptors (Lipinski definition) is 4. The first-order valence-corrected chi connectivity index (χ1v) is 5.75. The van der Waals surface area contributed by atoms with Crippen molar-refractivity contribution in [3.05, 3.63) is 29.0 Å². The highest BCUT2D eigenvalue weighted by Gasteiger charge is 2.28. The molecule has 0 radical (unpaired) electrons. The van der Waals surface area contributed by atoms with Crippen LogP contribution in [0.5, 0.6) is 0 Å². The van der Waals surface area contributed by atoms with Crippen LogP contribution in [-0.4, -0.2) is 43.2 Å². The van der Waals surface area contributed by atoms with Crippen LogP contribution in [0.25, 0.3) is 0 Å². The standard InChI is InChI=1S/C11H14ClN3O2.ClH/c1-17-9-6-13-5-8(9)15-11(16)7-3-2-4-10(12)14-7;/h2-4,8-9,13H,5-6H2,1H3,(H,15,16);1H. The second kappa shape index (κ2) is 6.89. The molecule has 2 N–H and O–H groups in total. The van der Waals surface area contributed by atoms with Gasteiger partial charge in [-0.25, -0.2) is 4.98 Å². The molecule has 1 saturated heterocycles. The Kier molecular flexibility index (Phi) is 5.81. The number of aromatic nitrogens is 1. The van der Waals surface area contributed by atoms with Crippen LogP contribution >= 0.6 is 24.0 Å². The summed E-state index contributed by atoms with van der Waals surface area (Å²) in [5.41, 5.74) is 0.319. The number of nitrogens with one attached hydrogen (secondary N) is 2. The molecule has 1 aliphatic rings.